The molecule has 5 nitrogen and oxygen atoms in total. The molecule has 0 aliphatic carbocycles. The zero-order chi connectivity index (χ0) is 15.1. The summed E-state index contributed by atoms with van der Waals surface area (Å²) in [7, 11) is 1.58. The van der Waals surface area contributed by atoms with Crippen molar-refractivity contribution < 1.29 is 19.1 Å². The lowest BCUT2D eigenvalue weighted by Gasteiger charge is -2.39. The van der Waals surface area contributed by atoms with Gasteiger partial charge in [0.2, 0.25) is 0 Å². The van der Waals surface area contributed by atoms with Crippen molar-refractivity contribution in [3.63, 3.8) is 0 Å². The fourth-order valence-electron chi connectivity index (χ4n) is 2.90. The van der Waals surface area contributed by atoms with Gasteiger partial charge in [-0.15, -0.1) is 0 Å². The molecule has 5 heteroatoms. The minimum absolute atomic E-state index is 0.220. The number of carboxylic acids is 1. The third-order valence-electron chi connectivity index (χ3n) is 3.89. The molecular formula is C16H14NO4-. The van der Waals surface area contributed by atoms with Crippen molar-refractivity contribution in [2.45, 2.75) is 18.9 Å². The smallest absolute Gasteiger partial charge is 0.254 e. The summed E-state index contributed by atoms with van der Waals surface area (Å²) < 4.78 is 5.55. The Morgan fingerprint density at radius 2 is 1.95 bits per heavy atom. The van der Waals surface area contributed by atoms with E-state index >= 15 is 0 Å². The Balaban J connectivity index is 2.20. The lowest BCUT2D eigenvalue weighted by molar-refractivity contribution is -0.309. The van der Waals surface area contributed by atoms with Crippen molar-refractivity contribution >= 4 is 11.9 Å². The summed E-state index contributed by atoms with van der Waals surface area (Å²) in [5, 5.41) is 11.7. The molecule has 1 amide bonds. The van der Waals surface area contributed by atoms with E-state index in [0.29, 0.717) is 22.6 Å². The van der Waals surface area contributed by atoms with Crippen molar-refractivity contribution in [2.24, 2.45) is 0 Å². The number of hydrogen-bond donors (Lipinski definition) is 0. The number of carbonyl (C=O) groups excluding carboxylic acids is 2. The molecule has 21 heavy (non-hydrogen) atoms. The van der Waals surface area contributed by atoms with Gasteiger partial charge in [-0.3, -0.25) is 4.79 Å². The normalized spacial score (nSPS) is 21.2. The van der Waals surface area contributed by atoms with Crippen LogP contribution in [0.1, 0.15) is 39.4 Å². The monoisotopic (exact) mass is 284 g/mol. The Labute approximate surface area is 121 Å². The topological polar surface area (TPSA) is 73.6 Å². The summed E-state index contributed by atoms with van der Waals surface area (Å²) in [6.07, 6.45) is 0. The second-order valence-electron chi connectivity index (χ2n) is 5.19. The van der Waals surface area contributed by atoms with Crippen molar-refractivity contribution in [3.8, 4) is 0 Å². The lowest BCUT2D eigenvalue weighted by Crippen LogP contribution is -2.46. The number of amides is 1. The Bertz CT molecular complexity index is 719. The maximum atomic E-state index is 12.4. The number of aliphatic carboxylic acids is 1. The number of furan rings is 1. The first-order chi connectivity index (χ1) is 10.0. The van der Waals surface area contributed by atoms with Gasteiger partial charge in [0.25, 0.3) is 5.91 Å². The molecule has 2 unspecified atom stereocenters. The van der Waals surface area contributed by atoms with Gasteiger partial charge in [0.15, 0.2) is 0 Å². The van der Waals surface area contributed by atoms with E-state index in [1.165, 1.54) is 4.90 Å². The fourth-order valence-corrected chi connectivity index (χ4v) is 2.90. The summed E-state index contributed by atoms with van der Waals surface area (Å²) in [6.45, 7) is 1.77. The zero-order valence-corrected chi connectivity index (χ0v) is 11.7. The van der Waals surface area contributed by atoms with Crippen LogP contribution in [0.15, 0.2) is 40.8 Å². The number of fused-ring (bicyclic) bond motifs is 1. The molecule has 1 aromatic heterocycles. The maximum Gasteiger partial charge on any atom is 0.254 e. The first-order valence-electron chi connectivity index (χ1n) is 6.64. The highest BCUT2D eigenvalue weighted by Crippen LogP contribution is 2.41. The quantitative estimate of drug-likeness (QED) is 0.832. The molecule has 2 aromatic rings. The molecule has 2 heterocycles. The van der Waals surface area contributed by atoms with Crippen molar-refractivity contribution in [1.82, 2.24) is 4.90 Å². The Morgan fingerprint density at radius 3 is 2.57 bits per heavy atom. The van der Waals surface area contributed by atoms with Crippen LogP contribution < -0.4 is 5.11 Å². The van der Waals surface area contributed by atoms with Gasteiger partial charge in [-0.25, -0.2) is 0 Å². The highest BCUT2D eigenvalue weighted by molar-refractivity contribution is 5.99. The van der Waals surface area contributed by atoms with Gasteiger partial charge in [0.05, 0.1) is 11.9 Å². The van der Waals surface area contributed by atoms with Gasteiger partial charge < -0.3 is 19.2 Å². The van der Waals surface area contributed by atoms with E-state index in [1.54, 1.807) is 50.4 Å². The fraction of sp³-hybridized carbons (Fsp3) is 0.250. The number of benzene rings is 1. The van der Waals surface area contributed by atoms with E-state index in [0.717, 1.165) is 0 Å². The van der Waals surface area contributed by atoms with Gasteiger partial charge in [-0.2, -0.15) is 0 Å². The van der Waals surface area contributed by atoms with Crippen LogP contribution in [-0.4, -0.2) is 23.8 Å². The molecule has 0 saturated carbocycles. The average molecular weight is 284 g/mol. The number of rotatable bonds is 2. The third-order valence-corrected chi connectivity index (χ3v) is 3.89. The van der Waals surface area contributed by atoms with Crippen molar-refractivity contribution in [1.29, 1.82) is 0 Å². The first-order valence-corrected chi connectivity index (χ1v) is 6.64. The maximum absolute atomic E-state index is 12.4. The zero-order valence-electron chi connectivity index (χ0n) is 11.7. The van der Waals surface area contributed by atoms with E-state index in [2.05, 4.69) is 0 Å². The molecular weight excluding hydrogens is 270 g/mol. The van der Waals surface area contributed by atoms with E-state index < -0.39 is 17.9 Å². The molecule has 0 N–H and O–H groups in total. The minimum atomic E-state index is -1.22. The largest absolute Gasteiger partial charge is 0.549 e. The molecule has 108 valence electrons. The molecule has 1 aliphatic heterocycles. The standard InChI is InChI=1S/C16H15NO4/c1-9-7-8-12(21-9)14-13(16(19)20)10-5-3-4-6-11(10)15(18)17(14)2/h3-8,13-14H,1-2H3,(H,19,20)/p-1. The predicted molar refractivity (Wildman–Crippen MR) is 72.5 cm³/mol. The summed E-state index contributed by atoms with van der Waals surface area (Å²) in [5.41, 5.74) is 0.869. The second-order valence-corrected chi connectivity index (χ2v) is 5.19. The number of carboxylic acid groups (broad SMARTS) is 1. The van der Waals surface area contributed by atoms with Crippen LogP contribution in [0.25, 0.3) is 0 Å². The predicted octanol–water partition coefficient (Wildman–Crippen LogP) is 1.25. The van der Waals surface area contributed by atoms with E-state index in [1.807, 2.05) is 0 Å². The molecule has 0 fully saturated rings. The van der Waals surface area contributed by atoms with Crippen LogP contribution in [0.5, 0.6) is 0 Å². The van der Waals surface area contributed by atoms with E-state index in [-0.39, 0.29) is 5.91 Å². The van der Waals surface area contributed by atoms with E-state index in [4.69, 9.17) is 4.42 Å². The summed E-state index contributed by atoms with van der Waals surface area (Å²) >= 11 is 0. The van der Waals surface area contributed by atoms with Gasteiger partial charge in [0.1, 0.15) is 17.6 Å². The van der Waals surface area contributed by atoms with Gasteiger partial charge in [-0.05, 0) is 30.7 Å². The first kappa shape index (κ1) is 13.4. The summed E-state index contributed by atoms with van der Waals surface area (Å²) in [6, 6.07) is 9.48. The van der Waals surface area contributed by atoms with Crippen molar-refractivity contribution in [2.75, 3.05) is 7.05 Å². The highest BCUT2D eigenvalue weighted by atomic mass is 16.4. The Morgan fingerprint density at radius 1 is 1.24 bits per heavy atom. The van der Waals surface area contributed by atoms with Gasteiger partial charge in [0, 0.05) is 12.6 Å². The molecule has 0 radical (unpaired) electrons. The second kappa shape index (κ2) is 4.77. The number of likely N-dealkylation sites (N-methyl/N-ethyl adjacent to an activating group) is 1. The molecule has 1 aliphatic rings. The number of carbonyl (C=O) groups is 2. The Hall–Kier alpha value is -2.56. The van der Waals surface area contributed by atoms with Gasteiger partial charge >= 0.3 is 0 Å². The van der Waals surface area contributed by atoms with Crippen LogP contribution in [0.3, 0.4) is 0 Å². The summed E-state index contributed by atoms with van der Waals surface area (Å²) in [4.78, 5) is 25.5. The molecule has 2 atom stereocenters. The van der Waals surface area contributed by atoms with Crippen LogP contribution in [-0.2, 0) is 4.79 Å². The van der Waals surface area contributed by atoms with E-state index in [9.17, 15) is 14.7 Å². The van der Waals surface area contributed by atoms with Crippen LogP contribution >= 0.6 is 0 Å². The Kier molecular flexibility index (Phi) is 3.05. The van der Waals surface area contributed by atoms with Gasteiger partial charge in [-0.1, -0.05) is 18.2 Å². The van der Waals surface area contributed by atoms with Crippen LogP contribution in [0, 0.1) is 6.92 Å². The van der Waals surface area contributed by atoms with Crippen LogP contribution in [0.2, 0.25) is 0 Å². The number of aryl methyl sites for hydroxylation is 1. The third kappa shape index (κ3) is 2.01. The lowest BCUT2D eigenvalue weighted by atomic mass is 9.82. The molecule has 0 saturated heterocycles. The van der Waals surface area contributed by atoms with Crippen LogP contribution in [0.4, 0.5) is 0 Å². The molecule has 1 aromatic carbocycles. The SMILES string of the molecule is Cc1ccc(C2C(C(=O)[O-])c3ccccc3C(=O)N2C)o1. The molecule has 0 bridgehead atoms. The number of nitrogens with zero attached hydrogens (tertiary/aromatic N) is 1. The highest BCUT2D eigenvalue weighted by Gasteiger charge is 2.40. The van der Waals surface area contributed by atoms with Crippen molar-refractivity contribution in [3.05, 3.63) is 59.0 Å². The number of hydrogen-bond acceptors (Lipinski definition) is 4. The molecule has 0 spiro atoms. The molecule has 3 rings (SSSR count). The minimum Gasteiger partial charge on any atom is -0.549 e. The average Bonchev–Trinajstić information content (AvgIpc) is 2.88. The summed E-state index contributed by atoms with van der Waals surface area (Å²) in [5.74, 6) is -1.27.